The summed E-state index contributed by atoms with van der Waals surface area (Å²) in [5.41, 5.74) is 2.44. The summed E-state index contributed by atoms with van der Waals surface area (Å²) in [6, 6.07) is 9.57. The lowest BCUT2D eigenvalue weighted by molar-refractivity contribution is -0.136. The summed E-state index contributed by atoms with van der Waals surface area (Å²) >= 11 is 0. The number of esters is 1. The molecule has 1 aliphatic rings. The molecule has 0 aliphatic carbocycles. The molecule has 0 saturated heterocycles. The van der Waals surface area contributed by atoms with Crippen LogP contribution in [0.25, 0.3) is 16.5 Å². The first-order valence-electron chi connectivity index (χ1n) is 9.24. The minimum Gasteiger partial charge on any atom is -0.462 e. The topological polar surface area (TPSA) is 62.4 Å². The third-order valence-corrected chi connectivity index (χ3v) is 4.87. The van der Waals surface area contributed by atoms with Gasteiger partial charge in [0.1, 0.15) is 11.6 Å². The van der Waals surface area contributed by atoms with E-state index in [1.807, 2.05) is 0 Å². The zero-order valence-electron chi connectivity index (χ0n) is 15.7. The van der Waals surface area contributed by atoms with Gasteiger partial charge in [0.2, 0.25) is 0 Å². The summed E-state index contributed by atoms with van der Waals surface area (Å²) in [5.74, 6) is -1.78. The summed E-state index contributed by atoms with van der Waals surface area (Å²) in [6.45, 7) is 2.14. The van der Waals surface area contributed by atoms with Crippen molar-refractivity contribution in [3.63, 3.8) is 0 Å². The molecule has 0 saturated carbocycles. The highest BCUT2D eigenvalue weighted by Gasteiger charge is 2.27. The van der Waals surface area contributed by atoms with Crippen LogP contribution in [-0.4, -0.2) is 34.9 Å². The summed E-state index contributed by atoms with van der Waals surface area (Å²) in [6.07, 6.45) is 1.85. The number of nitrogens with zero attached hydrogens (tertiary/aromatic N) is 1. The molecule has 7 heteroatoms. The smallest absolute Gasteiger partial charge is 0.341 e. The molecule has 1 aromatic heterocycles. The standard InChI is InChI=1S/C22H18F2N2O3/c1-2-29-22(28)18-12-26(21(27)13-3-5-14(23)6-4-13)10-9-16-17-11-15(24)7-8-19(17)25-20(16)18/h3-8,11-12,25H,2,9-10H2,1H3. The summed E-state index contributed by atoms with van der Waals surface area (Å²) < 4.78 is 32.2. The van der Waals surface area contributed by atoms with E-state index >= 15 is 0 Å². The van der Waals surface area contributed by atoms with Gasteiger partial charge in [-0.1, -0.05) is 0 Å². The number of aromatic amines is 1. The SMILES string of the molecule is CCOC(=O)C1=CN(C(=O)c2ccc(F)cc2)CCc2c1[nH]c1ccc(F)cc21. The van der Waals surface area contributed by atoms with Crippen LogP contribution in [0.1, 0.15) is 28.5 Å². The predicted octanol–water partition coefficient (Wildman–Crippen LogP) is 4.05. The molecule has 0 radical (unpaired) electrons. The molecule has 0 bridgehead atoms. The van der Waals surface area contributed by atoms with Crippen LogP contribution in [0.15, 0.2) is 48.7 Å². The summed E-state index contributed by atoms with van der Waals surface area (Å²) in [4.78, 5) is 30.1. The Morgan fingerprint density at radius 1 is 1.10 bits per heavy atom. The summed E-state index contributed by atoms with van der Waals surface area (Å²) in [7, 11) is 0. The van der Waals surface area contributed by atoms with Gasteiger partial charge in [0.15, 0.2) is 0 Å². The summed E-state index contributed by atoms with van der Waals surface area (Å²) in [5, 5.41) is 0.659. The number of H-pyrrole nitrogens is 1. The van der Waals surface area contributed by atoms with Crippen LogP contribution >= 0.6 is 0 Å². The van der Waals surface area contributed by atoms with Gasteiger partial charge in [0.05, 0.1) is 17.9 Å². The van der Waals surface area contributed by atoms with E-state index in [0.29, 0.717) is 28.6 Å². The lowest BCUT2D eigenvalue weighted by Crippen LogP contribution is -2.28. The number of aromatic nitrogens is 1. The highest BCUT2D eigenvalue weighted by molar-refractivity contribution is 6.18. The number of ether oxygens (including phenoxy) is 1. The number of hydrogen-bond acceptors (Lipinski definition) is 3. The number of amides is 1. The molecule has 5 nitrogen and oxygen atoms in total. The first-order chi connectivity index (χ1) is 14.0. The van der Waals surface area contributed by atoms with Crippen molar-refractivity contribution in [3.05, 3.63) is 77.1 Å². The number of hydrogen-bond donors (Lipinski definition) is 1. The van der Waals surface area contributed by atoms with Gasteiger partial charge in [0.25, 0.3) is 5.91 Å². The number of halogens is 2. The van der Waals surface area contributed by atoms with Crippen LogP contribution < -0.4 is 0 Å². The maximum Gasteiger partial charge on any atom is 0.341 e. The second-order valence-electron chi connectivity index (χ2n) is 6.69. The highest BCUT2D eigenvalue weighted by Crippen LogP contribution is 2.32. The van der Waals surface area contributed by atoms with Crippen molar-refractivity contribution in [3.8, 4) is 0 Å². The maximum absolute atomic E-state index is 13.8. The minimum atomic E-state index is -0.584. The van der Waals surface area contributed by atoms with E-state index in [0.717, 1.165) is 5.56 Å². The Morgan fingerprint density at radius 3 is 2.55 bits per heavy atom. The zero-order chi connectivity index (χ0) is 20.5. The Labute approximate surface area is 165 Å². The molecule has 0 fully saturated rings. The molecule has 0 spiro atoms. The van der Waals surface area contributed by atoms with Gasteiger partial charge in [-0.15, -0.1) is 0 Å². The van der Waals surface area contributed by atoms with E-state index in [2.05, 4.69) is 4.98 Å². The van der Waals surface area contributed by atoms with E-state index in [1.54, 1.807) is 13.0 Å². The van der Waals surface area contributed by atoms with Crippen LogP contribution in [0, 0.1) is 11.6 Å². The Kier molecular flexibility index (Phi) is 4.88. The maximum atomic E-state index is 13.8. The van der Waals surface area contributed by atoms with E-state index < -0.39 is 11.8 Å². The molecule has 3 aromatic rings. The number of nitrogens with one attached hydrogen (secondary N) is 1. The van der Waals surface area contributed by atoms with E-state index in [4.69, 9.17) is 4.74 Å². The van der Waals surface area contributed by atoms with Gasteiger partial charge in [-0.2, -0.15) is 0 Å². The minimum absolute atomic E-state index is 0.173. The molecule has 2 aromatic carbocycles. The van der Waals surface area contributed by atoms with E-state index in [9.17, 15) is 18.4 Å². The number of carbonyl (C=O) groups is 2. The molecular weight excluding hydrogens is 378 g/mol. The largest absolute Gasteiger partial charge is 0.462 e. The Hall–Kier alpha value is -3.48. The molecular formula is C22H18F2N2O3. The van der Waals surface area contributed by atoms with E-state index in [1.165, 1.54) is 47.5 Å². The molecule has 0 unspecified atom stereocenters. The van der Waals surface area contributed by atoms with Crippen molar-refractivity contribution in [1.29, 1.82) is 0 Å². The van der Waals surface area contributed by atoms with Gasteiger partial charge in [-0.3, -0.25) is 4.79 Å². The van der Waals surface area contributed by atoms with Gasteiger partial charge < -0.3 is 14.6 Å². The van der Waals surface area contributed by atoms with Crippen LogP contribution in [-0.2, 0) is 16.0 Å². The van der Waals surface area contributed by atoms with Crippen LogP contribution in [0.4, 0.5) is 8.78 Å². The van der Waals surface area contributed by atoms with Gasteiger partial charge in [-0.05, 0) is 61.4 Å². The molecule has 4 rings (SSSR count). The van der Waals surface area contributed by atoms with Crippen LogP contribution in [0.3, 0.4) is 0 Å². The average Bonchev–Trinajstić information content (AvgIpc) is 2.94. The zero-order valence-corrected chi connectivity index (χ0v) is 15.7. The van der Waals surface area contributed by atoms with Crippen molar-refractivity contribution < 1.29 is 23.1 Å². The highest BCUT2D eigenvalue weighted by atomic mass is 19.1. The monoisotopic (exact) mass is 396 g/mol. The van der Waals surface area contributed by atoms with Gasteiger partial charge in [0, 0.05) is 29.2 Å². The lowest BCUT2D eigenvalue weighted by atomic mass is 10.0. The third kappa shape index (κ3) is 3.51. The second-order valence-corrected chi connectivity index (χ2v) is 6.69. The van der Waals surface area contributed by atoms with Crippen molar-refractivity contribution in [2.24, 2.45) is 0 Å². The number of carbonyl (C=O) groups excluding carboxylic acids is 2. The molecule has 29 heavy (non-hydrogen) atoms. The molecule has 148 valence electrons. The normalized spacial score (nSPS) is 13.6. The number of benzene rings is 2. The quantitative estimate of drug-likeness (QED) is 0.680. The fraction of sp³-hybridized carbons (Fsp3) is 0.182. The molecule has 1 N–H and O–H groups in total. The van der Waals surface area contributed by atoms with Gasteiger partial charge in [-0.25, -0.2) is 13.6 Å². The molecule has 2 heterocycles. The van der Waals surface area contributed by atoms with Crippen LogP contribution in [0.2, 0.25) is 0 Å². The molecule has 0 atom stereocenters. The predicted molar refractivity (Wildman–Crippen MR) is 104 cm³/mol. The van der Waals surface area contributed by atoms with E-state index in [-0.39, 0.29) is 30.4 Å². The molecule has 1 amide bonds. The molecule has 1 aliphatic heterocycles. The first-order valence-corrected chi connectivity index (χ1v) is 9.24. The van der Waals surface area contributed by atoms with Crippen molar-refractivity contribution in [1.82, 2.24) is 9.88 Å². The second kappa shape index (κ2) is 7.50. The van der Waals surface area contributed by atoms with Crippen molar-refractivity contribution >= 4 is 28.4 Å². The lowest BCUT2D eigenvalue weighted by Gasteiger charge is -2.18. The van der Waals surface area contributed by atoms with Crippen molar-refractivity contribution in [2.75, 3.05) is 13.2 Å². The van der Waals surface area contributed by atoms with Crippen LogP contribution in [0.5, 0.6) is 0 Å². The first kappa shape index (κ1) is 18.9. The Balaban J connectivity index is 1.80. The average molecular weight is 396 g/mol. The third-order valence-electron chi connectivity index (χ3n) is 4.87. The number of rotatable bonds is 3. The number of fused-ring (bicyclic) bond motifs is 3. The fourth-order valence-corrected chi connectivity index (χ4v) is 3.51. The van der Waals surface area contributed by atoms with Gasteiger partial charge >= 0.3 is 5.97 Å². The Bertz CT molecular complexity index is 1130. The Morgan fingerprint density at radius 2 is 1.83 bits per heavy atom. The van der Waals surface area contributed by atoms with Crippen molar-refractivity contribution in [2.45, 2.75) is 13.3 Å². The fourth-order valence-electron chi connectivity index (χ4n) is 3.51.